The summed E-state index contributed by atoms with van der Waals surface area (Å²) in [5.41, 5.74) is 3.31. The van der Waals surface area contributed by atoms with Gasteiger partial charge in [-0.2, -0.15) is 0 Å². The highest BCUT2D eigenvalue weighted by molar-refractivity contribution is 5.89. The number of likely N-dealkylation sites (tertiary alicyclic amines) is 1. The molecular weight excluding hydrogens is 286 g/mol. The van der Waals surface area contributed by atoms with Crippen molar-refractivity contribution in [2.24, 2.45) is 5.92 Å². The Morgan fingerprint density at radius 3 is 2.78 bits per heavy atom. The van der Waals surface area contributed by atoms with Gasteiger partial charge in [-0.15, -0.1) is 0 Å². The number of nitrogens with one attached hydrogen (secondary N) is 1. The van der Waals surface area contributed by atoms with Crippen LogP contribution >= 0.6 is 0 Å². The van der Waals surface area contributed by atoms with Gasteiger partial charge in [-0.05, 0) is 61.4 Å². The van der Waals surface area contributed by atoms with Crippen LogP contribution in [-0.4, -0.2) is 29.0 Å². The van der Waals surface area contributed by atoms with E-state index in [4.69, 9.17) is 0 Å². The number of carbonyl (C=O) groups excluding carboxylic acids is 1. The van der Waals surface area contributed by atoms with E-state index in [2.05, 4.69) is 16.4 Å². The number of hydrogen-bond donors (Lipinski definition) is 1. The highest BCUT2D eigenvalue weighted by Gasteiger charge is 2.23. The molecule has 1 fully saturated rings. The molecule has 4 nitrogen and oxygen atoms in total. The summed E-state index contributed by atoms with van der Waals surface area (Å²) in [6.07, 6.45) is 6.91. The van der Waals surface area contributed by atoms with Crippen molar-refractivity contribution in [1.29, 1.82) is 0 Å². The van der Waals surface area contributed by atoms with E-state index in [0.717, 1.165) is 43.6 Å². The molecule has 4 heteroatoms. The fourth-order valence-corrected chi connectivity index (χ4v) is 3.12. The minimum absolute atomic E-state index is 0.00966. The molecule has 1 aliphatic heterocycles. The van der Waals surface area contributed by atoms with Crippen LogP contribution in [0.3, 0.4) is 0 Å². The molecule has 2 amide bonds. The molecule has 1 aromatic carbocycles. The smallest absolute Gasteiger partial charge is 0.321 e. The molecule has 1 aromatic heterocycles. The molecular formula is C19H23N3O. The second kappa shape index (κ2) is 7.27. The number of anilines is 1. The largest absolute Gasteiger partial charge is 0.325 e. The summed E-state index contributed by atoms with van der Waals surface area (Å²) in [4.78, 5) is 18.4. The first-order valence-electron chi connectivity index (χ1n) is 8.22. The number of aryl methyl sites for hydroxylation is 1. The maximum atomic E-state index is 12.3. The number of benzene rings is 1. The molecule has 0 atom stereocenters. The Balaban J connectivity index is 1.49. The van der Waals surface area contributed by atoms with Crippen LogP contribution in [-0.2, 0) is 6.42 Å². The molecule has 0 aliphatic carbocycles. The standard InChI is InChI=1S/C19H23N3O/c1-15-4-2-6-18(12-15)21-19(23)22-10-7-16(8-11-22)13-17-5-3-9-20-14-17/h2-6,9,12,14,16H,7-8,10-11,13H2,1H3,(H,21,23). The van der Waals surface area contributed by atoms with Crippen molar-refractivity contribution in [3.63, 3.8) is 0 Å². The summed E-state index contributed by atoms with van der Waals surface area (Å²) >= 11 is 0. The van der Waals surface area contributed by atoms with Crippen molar-refractivity contribution in [3.05, 3.63) is 59.9 Å². The predicted octanol–water partition coefficient (Wildman–Crippen LogP) is 3.88. The number of carbonyl (C=O) groups is 1. The Bertz CT molecular complexity index is 649. The van der Waals surface area contributed by atoms with E-state index in [1.807, 2.05) is 54.5 Å². The first-order chi connectivity index (χ1) is 11.2. The molecule has 23 heavy (non-hydrogen) atoms. The Morgan fingerprint density at radius 2 is 2.09 bits per heavy atom. The van der Waals surface area contributed by atoms with E-state index in [1.165, 1.54) is 5.56 Å². The topological polar surface area (TPSA) is 45.2 Å². The monoisotopic (exact) mass is 309 g/mol. The van der Waals surface area contributed by atoms with Gasteiger partial charge in [0.2, 0.25) is 0 Å². The van der Waals surface area contributed by atoms with Gasteiger partial charge < -0.3 is 10.2 Å². The summed E-state index contributed by atoms with van der Waals surface area (Å²) in [6, 6.07) is 12.0. The number of pyridine rings is 1. The predicted molar refractivity (Wildman–Crippen MR) is 92.4 cm³/mol. The number of hydrogen-bond acceptors (Lipinski definition) is 2. The SMILES string of the molecule is Cc1cccc(NC(=O)N2CCC(Cc3cccnc3)CC2)c1. The van der Waals surface area contributed by atoms with Gasteiger partial charge in [0.05, 0.1) is 0 Å². The van der Waals surface area contributed by atoms with E-state index in [9.17, 15) is 4.79 Å². The Morgan fingerprint density at radius 1 is 1.26 bits per heavy atom. The van der Waals surface area contributed by atoms with Crippen LogP contribution in [0.1, 0.15) is 24.0 Å². The van der Waals surface area contributed by atoms with Gasteiger partial charge in [0.15, 0.2) is 0 Å². The van der Waals surface area contributed by atoms with Crippen molar-refractivity contribution in [2.75, 3.05) is 18.4 Å². The zero-order valence-corrected chi connectivity index (χ0v) is 13.5. The summed E-state index contributed by atoms with van der Waals surface area (Å²) in [6.45, 7) is 3.67. The first-order valence-corrected chi connectivity index (χ1v) is 8.22. The van der Waals surface area contributed by atoms with Crippen LogP contribution < -0.4 is 5.32 Å². The fourth-order valence-electron chi connectivity index (χ4n) is 3.12. The van der Waals surface area contributed by atoms with Crippen molar-refractivity contribution < 1.29 is 4.79 Å². The lowest BCUT2D eigenvalue weighted by molar-refractivity contribution is 0.182. The lowest BCUT2D eigenvalue weighted by Crippen LogP contribution is -2.41. The Hall–Kier alpha value is -2.36. The molecule has 3 rings (SSSR count). The Labute approximate surface area is 137 Å². The van der Waals surface area contributed by atoms with E-state index in [1.54, 1.807) is 0 Å². The lowest BCUT2D eigenvalue weighted by atomic mass is 9.91. The number of amides is 2. The summed E-state index contributed by atoms with van der Waals surface area (Å²) < 4.78 is 0. The van der Waals surface area contributed by atoms with Crippen molar-refractivity contribution in [1.82, 2.24) is 9.88 Å². The van der Waals surface area contributed by atoms with Gasteiger partial charge in [0, 0.05) is 31.2 Å². The molecule has 0 saturated carbocycles. The van der Waals surface area contributed by atoms with Crippen LogP contribution in [0.5, 0.6) is 0 Å². The summed E-state index contributed by atoms with van der Waals surface area (Å²) in [5.74, 6) is 0.641. The van der Waals surface area contributed by atoms with Crippen molar-refractivity contribution in [3.8, 4) is 0 Å². The number of aromatic nitrogens is 1. The first kappa shape index (κ1) is 15.5. The highest BCUT2D eigenvalue weighted by atomic mass is 16.2. The van der Waals surface area contributed by atoms with Crippen LogP contribution in [0.2, 0.25) is 0 Å². The minimum atomic E-state index is 0.00966. The van der Waals surface area contributed by atoms with Crippen molar-refractivity contribution >= 4 is 11.7 Å². The molecule has 1 N–H and O–H groups in total. The number of nitrogens with zero attached hydrogens (tertiary/aromatic N) is 2. The van der Waals surface area contributed by atoms with Gasteiger partial charge in [-0.25, -0.2) is 4.79 Å². The zero-order valence-electron chi connectivity index (χ0n) is 13.5. The molecule has 2 aromatic rings. The number of urea groups is 1. The normalized spacial score (nSPS) is 15.4. The molecule has 120 valence electrons. The van der Waals surface area contributed by atoms with Crippen LogP contribution in [0, 0.1) is 12.8 Å². The zero-order chi connectivity index (χ0) is 16.1. The third-order valence-corrected chi connectivity index (χ3v) is 4.42. The average molecular weight is 309 g/mol. The molecule has 0 bridgehead atoms. The molecule has 1 aliphatic rings. The highest BCUT2D eigenvalue weighted by Crippen LogP contribution is 2.22. The van der Waals surface area contributed by atoms with E-state index < -0.39 is 0 Å². The van der Waals surface area contributed by atoms with Gasteiger partial charge in [0.1, 0.15) is 0 Å². The Kier molecular flexibility index (Phi) is 4.91. The van der Waals surface area contributed by atoms with Crippen LogP contribution in [0.25, 0.3) is 0 Å². The van der Waals surface area contributed by atoms with Gasteiger partial charge >= 0.3 is 6.03 Å². The maximum Gasteiger partial charge on any atom is 0.321 e. The molecule has 1 saturated heterocycles. The third-order valence-electron chi connectivity index (χ3n) is 4.42. The number of rotatable bonds is 3. The quantitative estimate of drug-likeness (QED) is 0.935. The average Bonchev–Trinajstić information content (AvgIpc) is 2.56. The maximum absolute atomic E-state index is 12.3. The van der Waals surface area contributed by atoms with Crippen LogP contribution in [0.4, 0.5) is 10.5 Å². The van der Waals surface area contributed by atoms with E-state index in [-0.39, 0.29) is 6.03 Å². The molecule has 0 spiro atoms. The summed E-state index contributed by atoms with van der Waals surface area (Å²) in [7, 11) is 0. The van der Waals surface area contributed by atoms with Crippen molar-refractivity contribution in [2.45, 2.75) is 26.2 Å². The van der Waals surface area contributed by atoms with E-state index in [0.29, 0.717) is 5.92 Å². The lowest BCUT2D eigenvalue weighted by Gasteiger charge is -2.32. The number of piperidine rings is 1. The van der Waals surface area contributed by atoms with E-state index >= 15 is 0 Å². The molecule has 0 unspecified atom stereocenters. The second-order valence-corrected chi connectivity index (χ2v) is 6.30. The minimum Gasteiger partial charge on any atom is -0.325 e. The van der Waals surface area contributed by atoms with Gasteiger partial charge in [-0.1, -0.05) is 18.2 Å². The second-order valence-electron chi connectivity index (χ2n) is 6.30. The molecule has 0 radical (unpaired) electrons. The molecule has 2 heterocycles. The van der Waals surface area contributed by atoms with Gasteiger partial charge in [0.25, 0.3) is 0 Å². The summed E-state index contributed by atoms with van der Waals surface area (Å²) in [5, 5.41) is 2.99. The fraction of sp³-hybridized carbons (Fsp3) is 0.368. The third kappa shape index (κ3) is 4.31. The van der Waals surface area contributed by atoms with Gasteiger partial charge in [-0.3, -0.25) is 4.98 Å². The van der Waals surface area contributed by atoms with Crippen LogP contribution in [0.15, 0.2) is 48.8 Å².